The molecule has 4 nitrogen and oxygen atoms in total. The first-order chi connectivity index (χ1) is 7.40. The minimum atomic E-state index is -4.75. The van der Waals surface area contributed by atoms with E-state index >= 15 is 0 Å². The quantitative estimate of drug-likeness (QED) is 0.832. The number of ether oxygens (including phenoxy) is 1. The van der Waals surface area contributed by atoms with Crippen LogP contribution in [0.4, 0.5) is 18.9 Å². The summed E-state index contributed by atoms with van der Waals surface area (Å²) in [6, 6.07) is 4.94. The number of nitrogens with one attached hydrogen (secondary N) is 1. The maximum absolute atomic E-state index is 11.9. The molecule has 0 fully saturated rings. The van der Waals surface area contributed by atoms with Gasteiger partial charge in [0.1, 0.15) is 5.75 Å². The van der Waals surface area contributed by atoms with Gasteiger partial charge in [-0.15, -0.1) is 13.2 Å². The standard InChI is InChI=1S/C9H9F3N2O2/c10-9(11,12)16-7-3-1-2-6(4-7)14-8(15)5-13/h1-4H,5,13H2,(H,14,15). The molecule has 0 unspecified atom stereocenters. The van der Waals surface area contributed by atoms with Gasteiger partial charge in [0, 0.05) is 11.8 Å². The molecule has 1 aromatic carbocycles. The molecule has 0 aliphatic heterocycles. The number of hydrogen-bond acceptors (Lipinski definition) is 3. The third kappa shape index (κ3) is 4.18. The van der Waals surface area contributed by atoms with Gasteiger partial charge >= 0.3 is 6.36 Å². The summed E-state index contributed by atoms with van der Waals surface area (Å²) >= 11 is 0. The van der Waals surface area contributed by atoms with E-state index in [0.29, 0.717) is 0 Å². The Morgan fingerprint density at radius 2 is 2.12 bits per heavy atom. The van der Waals surface area contributed by atoms with Crippen LogP contribution >= 0.6 is 0 Å². The van der Waals surface area contributed by atoms with Crippen molar-refractivity contribution in [2.45, 2.75) is 6.36 Å². The van der Waals surface area contributed by atoms with Crippen LogP contribution in [0.3, 0.4) is 0 Å². The topological polar surface area (TPSA) is 64.4 Å². The van der Waals surface area contributed by atoms with Crippen molar-refractivity contribution >= 4 is 11.6 Å². The van der Waals surface area contributed by atoms with E-state index in [4.69, 9.17) is 5.73 Å². The molecule has 88 valence electrons. The Balaban J connectivity index is 2.75. The van der Waals surface area contributed by atoms with Gasteiger partial charge in [0.15, 0.2) is 0 Å². The molecule has 16 heavy (non-hydrogen) atoms. The van der Waals surface area contributed by atoms with Crippen molar-refractivity contribution in [2.24, 2.45) is 5.73 Å². The predicted molar refractivity (Wildman–Crippen MR) is 50.8 cm³/mol. The van der Waals surface area contributed by atoms with Crippen LogP contribution in [0.2, 0.25) is 0 Å². The molecule has 0 bridgehead atoms. The van der Waals surface area contributed by atoms with Gasteiger partial charge < -0.3 is 15.8 Å². The lowest BCUT2D eigenvalue weighted by molar-refractivity contribution is -0.274. The summed E-state index contributed by atoms with van der Waals surface area (Å²) in [7, 11) is 0. The van der Waals surface area contributed by atoms with E-state index in [1.165, 1.54) is 12.1 Å². The van der Waals surface area contributed by atoms with Crippen molar-refractivity contribution in [2.75, 3.05) is 11.9 Å². The van der Waals surface area contributed by atoms with Crippen LogP contribution in [0.5, 0.6) is 5.75 Å². The lowest BCUT2D eigenvalue weighted by atomic mass is 10.3. The fourth-order valence-corrected chi connectivity index (χ4v) is 0.983. The van der Waals surface area contributed by atoms with Gasteiger partial charge in [-0.3, -0.25) is 4.79 Å². The van der Waals surface area contributed by atoms with Crippen LogP contribution in [0.15, 0.2) is 24.3 Å². The molecule has 0 radical (unpaired) electrons. The first kappa shape index (κ1) is 12.3. The van der Waals surface area contributed by atoms with E-state index in [1.54, 1.807) is 0 Å². The molecule has 0 heterocycles. The average molecular weight is 234 g/mol. The summed E-state index contributed by atoms with van der Waals surface area (Å²) in [5, 5.41) is 2.31. The minimum absolute atomic E-state index is 0.192. The van der Waals surface area contributed by atoms with Gasteiger partial charge in [0.05, 0.1) is 6.54 Å². The van der Waals surface area contributed by atoms with Crippen LogP contribution in [0, 0.1) is 0 Å². The summed E-state index contributed by atoms with van der Waals surface area (Å²) in [6.45, 7) is -0.246. The number of halogens is 3. The van der Waals surface area contributed by atoms with Crippen LogP contribution in [-0.2, 0) is 4.79 Å². The molecule has 1 amide bonds. The van der Waals surface area contributed by atoms with Crippen LogP contribution < -0.4 is 15.8 Å². The second-order valence-corrected chi connectivity index (χ2v) is 2.83. The lowest BCUT2D eigenvalue weighted by Crippen LogP contribution is -2.22. The Labute approximate surface area is 89.2 Å². The van der Waals surface area contributed by atoms with E-state index in [9.17, 15) is 18.0 Å². The maximum Gasteiger partial charge on any atom is 0.573 e. The molecular formula is C9H9F3N2O2. The van der Waals surface area contributed by atoms with Gasteiger partial charge in [0.25, 0.3) is 0 Å². The minimum Gasteiger partial charge on any atom is -0.406 e. The smallest absolute Gasteiger partial charge is 0.406 e. The Morgan fingerprint density at radius 1 is 1.44 bits per heavy atom. The molecule has 7 heteroatoms. The predicted octanol–water partition coefficient (Wildman–Crippen LogP) is 1.48. The van der Waals surface area contributed by atoms with Crippen LogP contribution in [0.25, 0.3) is 0 Å². The van der Waals surface area contributed by atoms with Crippen molar-refractivity contribution in [1.29, 1.82) is 0 Å². The van der Waals surface area contributed by atoms with E-state index in [1.807, 2.05) is 0 Å². The molecule has 0 saturated carbocycles. The monoisotopic (exact) mass is 234 g/mol. The highest BCUT2D eigenvalue weighted by Crippen LogP contribution is 2.24. The summed E-state index contributed by atoms with van der Waals surface area (Å²) < 4.78 is 39.3. The molecule has 0 spiro atoms. The van der Waals surface area contributed by atoms with Crippen molar-refractivity contribution in [3.63, 3.8) is 0 Å². The number of anilines is 1. The summed E-state index contributed by atoms with van der Waals surface area (Å²) in [4.78, 5) is 10.9. The Bertz CT molecular complexity index is 379. The van der Waals surface area contributed by atoms with Crippen LogP contribution in [0.1, 0.15) is 0 Å². The van der Waals surface area contributed by atoms with Gasteiger partial charge in [0.2, 0.25) is 5.91 Å². The first-order valence-corrected chi connectivity index (χ1v) is 4.26. The zero-order valence-electron chi connectivity index (χ0n) is 8.04. The van der Waals surface area contributed by atoms with Gasteiger partial charge in [-0.2, -0.15) is 0 Å². The second kappa shape index (κ2) is 4.84. The normalized spacial score (nSPS) is 11.0. The summed E-state index contributed by atoms with van der Waals surface area (Å²) in [5.41, 5.74) is 5.23. The van der Waals surface area contributed by atoms with Crippen LogP contribution in [-0.4, -0.2) is 18.8 Å². The van der Waals surface area contributed by atoms with Crippen molar-refractivity contribution in [1.82, 2.24) is 0 Å². The Hall–Kier alpha value is -1.76. The number of nitrogens with two attached hydrogens (primary N) is 1. The van der Waals surface area contributed by atoms with Gasteiger partial charge in [-0.25, -0.2) is 0 Å². The largest absolute Gasteiger partial charge is 0.573 e. The average Bonchev–Trinajstić information content (AvgIpc) is 2.15. The lowest BCUT2D eigenvalue weighted by Gasteiger charge is -2.10. The fourth-order valence-electron chi connectivity index (χ4n) is 0.983. The van der Waals surface area contributed by atoms with E-state index < -0.39 is 18.0 Å². The molecule has 0 atom stereocenters. The summed E-state index contributed by atoms with van der Waals surface area (Å²) in [6.07, 6.45) is -4.75. The zero-order chi connectivity index (χ0) is 12.2. The molecule has 1 aromatic rings. The highest BCUT2D eigenvalue weighted by Gasteiger charge is 2.31. The highest BCUT2D eigenvalue weighted by molar-refractivity contribution is 5.92. The third-order valence-electron chi connectivity index (χ3n) is 1.54. The molecule has 1 rings (SSSR count). The Kier molecular flexibility index (Phi) is 3.73. The van der Waals surface area contributed by atoms with E-state index in [-0.39, 0.29) is 12.2 Å². The second-order valence-electron chi connectivity index (χ2n) is 2.83. The number of alkyl halides is 3. The summed E-state index contributed by atoms with van der Waals surface area (Å²) in [5.74, 6) is -0.897. The molecule has 0 saturated heterocycles. The van der Waals surface area contributed by atoms with Crippen molar-refractivity contribution in [3.05, 3.63) is 24.3 Å². The Morgan fingerprint density at radius 3 is 2.69 bits per heavy atom. The van der Waals surface area contributed by atoms with Crippen molar-refractivity contribution in [3.8, 4) is 5.75 Å². The number of amides is 1. The molecule has 0 aromatic heterocycles. The molecular weight excluding hydrogens is 225 g/mol. The first-order valence-electron chi connectivity index (χ1n) is 4.26. The maximum atomic E-state index is 11.9. The van der Waals surface area contributed by atoms with E-state index in [0.717, 1.165) is 12.1 Å². The van der Waals surface area contributed by atoms with E-state index in [2.05, 4.69) is 10.1 Å². The SMILES string of the molecule is NCC(=O)Nc1cccc(OC(F)(F)F)c1. The number of rotatable bonds is 3. The number of carbonyl (C=O) groups excluding carboxylic acids is 1. The zero-order valence-corrected chi connectivity index (χ0v) is 8.04. The number of hydrogen-bond donors (Lipinski definition) is 2. The highest BCUT2D eigenvalue weighted by atomic mass is 19.4. The van der Waals surface area contributed by atoms with Crippen molar-refractivity contribution < 1.29 is 22.7 Å². The number of benzene rings is 1. The molecule has 0 aliphatic carbocycles. The molecule has 0 aliphatic rings. The third-order valence-corrected chi connectivity index (χ3v) is 1.54. The molecule has 3 N–H and O–H groups in total. The number of carbonyl (C=O) groups is 1. The van der Waals surface area contributed by atoms with Gasteiger partial charge in [-0.1, -0.05) is 6.07 Å². The fraction of sp³-hybridized carbons (Fsp3) is 0.222. The van der Waals surface area contributed by atoms with Gasteiger partial charge in [-0.05, 0) is 12.1 Å².